The molecule has 2 aromatic rings. The molecule has 5 heteroatoms. The molecular formula is C16H17NO2S2. The minimum absolute atomic E-state index is 0.0743. The van der Waals surface area contributed by atoms with Crippen LogP contribution in [-0.2, 0) is 11.3 Å². The van der Waals surface area contributed by atoms with Crippen molar-refractivity contribution >= 4 is 34.4 Å². The smallest absolute Gasteiger partial charge is 0.223 e. The number of carbonyl (C=O) groups is 2. The predicted octanol–water partition coefficient (Wildman–Crippen LogP) is 3.96. The van der Waals surface area contributed by atoms with E-state index >= 15 is 0 Å². The van der Waals surface area contributed by atoms with Gasteiger partial charge in [-0.25, -0.2) is 0 Å². The Morgan fingerprint density at radius 3 is 2.48 bits per heavy atom. The molecule has 0 N–H and O–H groups in total. The summed E-state index contributed by atoms with van der Waals surface area (Å²) in [6.45, 7) is 0.689. The third kappa shape index (κ3) is 3.80. The highest BCUT2D eigenvalue weighted by Crippen LogP contribution is 2.30. The number of rotatable bonds is 7. The molecule has 1 amide bonds. The molecule has 3 rings (SSSR count). The van der Waals surface area contributed by atoms with Gasteiger partial charge in [0.05, 0.1) is 11.4 Å². The summed E-state index contributed by atoms with van der Waals surface area (Å²) in [5.41, 5.74) is 0. The van der Waals surface area contributed by atoms with Crippen molar-refractivity contribution in [1.29, 1.82) is 0 Å². The van der Waals surface area contributed by atoms with Gasteiger partial charge in [0.1, 0.15) is 0 Å². The molecule has 1 aliphatic rings. The molecule has 2 heterocycles. The number of hydrogen-bond donors (Lipinski definition) is 0. The normalized spacial score (nSPS) is 14.1. The standard InChI is InChI=1S/C16H17NO2S2/c18-14(15-4-2-10-21-15)7-8-16(19)17(12-5-6-12)11-13-3-1-9-20-13/h1-4,9-10,12H,5-8,11H2. The van der Waals surface area contributed by atoms with Gasteiger partial charge in [0, 0.05) is 23.8 Å². The van der Waals surface area contributed by atoms with Crippen molar-refractivity contribution in [2.75, 3.05) is 0 Å². The Bertz CT molecular complexity index is 600. The number of amides is 1. The van der Waals surface area contributed by atoms with Gasteiger partial charge in [0.2, 0.25) is 5.91 Å². The van der Waals surface area contributed by atoms with Crippen LogP contribution in [0.4, 0.5) is 0 Å². The van der Waals surface area contributed by atoms with E-state index in [1.54, 1.807) is 11.3 Å². The van der Waals surface area contributed by atoms with Crippen LogP contribution >= 0.6 is 22.7 Å². The number of nitrogens with zero attached hydrogens (tertiary/aromatic N) is 1. The topological polar surface area (TPSA) is 37.4 Å². The number of thiophene rings is 2. The van der Waals surface area contributed by atoms with Crippen LogP contribution in [0.15, 0.2) is 35.0 Å². The summed E-state index contributed by atoms with van der Waals surface area (Å²) in [7, 11) is 0. The van der Waals surface area contributed by atoms with E-state index in [-0.39, 0.29) is 11.7 Å². The van der Waals surface area contributed by atoms with Crippen LogP contribution in [0.5, 0.6) is 0 Å². The van der Waals surface area contributed by atoms with E-state index in [1.165, 1.54) is 16.2 Å². The van der Waals surface area contributed by atoms with Gasteiger partial charge in [0.15, 0.2) is 5.78 Å². The van der Waals surface area contributed by atoms with E-state index in [0.29, 0.717) is 25.4 Å². The summed E-state index contributed by atoms with van der Waals surface area (Å²) in [6, 6.07) is 8.14. The van der Waals surface area contributed by atoms with E-state index in [9.17, 15) is 9.59 Å². The molecule has 0 aliphatic heterocycles. The molecule has 0 aromatic carbocycles. The average molecular weight is 319 g/mol. The Morgan fingerprint density at radius 2 is 1.86 bits per heavy atom. The number of hydrogen-bond acceptors (Lipinski definition) is 4. The third-order valence-corrected chi connectivity index (χ3v) is 5.35. The van der Waals surface area contributed by atoms with Gasteiger partial charge in [-0.15, -0.1) is 22.7 Å². The first-order chi connectivity index (χ1) is 10.2. The highest BCUT2D eigenvalue weighted by Gasteiger charge is 2.32. The van der Waals surface area contributed by atoms with E-state index in [4.69, 9.17) is 0 Å². The van der Waals surface area contributed by atoms with Crippen LogP contribution in [0.3, 0.4) is 0 Å². The Balaban J connectivity index is 1.56. The Morgan fingerprint density at radius 1 is 1.10 bits per heavy atom. The first-order valence-electron chi connectivity index (χ1n) is 7.12. The summed E-state index contributed by atoms with van der Waals surface area (Å²) in [5.74, 6) is 0.182. The second-order valence-electron chi connectivity index (χ2n) is 5.23. The molecule has 21 heavy (non-hydrogen) atoms. The zero-order chi connectivity index (χ0) is 14.7. The average Bonchev–Trinajstić information content (AvgIpc) is 2.97. The van der Waals surface area contributed by atoms with Gasteiger partial charge in [-0.05, 0) is 35.7 Å². The van der Waals surface area contributed by atoms with E-state index in [0.717, 1.165) is 17.7 Å². The SMILES string of the molecule is O=C(CCC(=O)N(Cc1cccs1)C1CC1)c1cccs1. The first kappa shape index (κ1) is 14.5. The number of ketones is 1. The molecule has 1 fully saturated rings. The highest BCUT2D eigenvalue weighted by atomic mass is 32.1. The Labute approximate surface area is 132 Å². The number of Topliss-reactive ketones (excluding diaryl/α,β-unsaturated/α-hetero) is 1. The fourth-order valence-corrected chi connectivity index (χ4v) is 3.70. The summed E-state index contributed by atoms with van der Waals surface area (Å²) in [5, 5.41) is 3.92. The van der Waals surface area contributed by atoms with Gasteiger partial charge in [0.25, 0.3) is 0 Å². The van der Waals surface area contributed by atoms with E-state index < -0.39 is 0 Å². The van der Waals surface area contributed by atoms with Crippen LogP contribution in [0.2, 0.25) is 0 Å². The molecule has 3 nitrogen and oxygen atoms in total. The molecule has 0 radical (unpaired) electrons. The molecule has 0 saturated heterocycles. The first-order valence-corrected chi connectivity index (χ1v) is 8.88. The molecule has 110 valence electrons. The Hall–Kier alpha value is -1.46. The lowest BCUT2D eigenvalue weighted by Gasteiger charge is -2.21. The fourth-order valence-electron chi connectivity index (χ4n) is 2.30. The van der Waals surface area contributed by atoms with Crippen molar-refractivity contribution in [2.24, 2.45) is 0 Å². The molecule has 0 atom stereocenters. The maximum Gasteiger partial charge on any atom is 0.223 e. The van der Waals surface area contributed by atoms with Gasteiger partial charge in [-0.1, -0.05) is 12.1 Å². The maximum atomic E-state index is 12.4. The van der Waals surface area contributed by atoms with Crippen LogP contribution in [0.1, 0.15) is 40.2 Å². The van der Waals surface area contributed by atoms with Gasteiger partial charge in [-0.2, -0.15) is 0 Å². The lowest BCUT2D eigenvalue weighted by atomic mass is 10.1. The molecule has 0 unspecified atom stereocenters. The van der Waals surface area contributed by atoms with Crippen LogP contribution in [0, 0.1) is 0 Å². The van der Waals surface area contributed by atoms with Gasteiger partial charge >= 0.3 is 0 Å². The predicted molar refractivity (Wildman–Crippen MR) is 85.8 cm³/mol. The molecule has 0 bridgehead atoms. The zero-order valence-corrected chi connectivity index (χ0v) is 13.3. The second kappa shape index (κ2) is 6.54. The lowest BCUT2D eigenvalue weighted by Crippen LogP contribution is -2.32. The number of carbonyl (C=O) groups excluding carboxylic acids is 2. The minimum Gasteiger partial charge on any atom is -0.335 e. The fraction of sp³-hybridized carbons (Fsp3) is 0.375. The summed E-state index contributed by atoms with van der Waals surface area (Å²) in [6.07, 6.45) is 2.82. The summed E-state index contributed by atoms with van der Waals surface area (Å²) < 4.78 is 0. The zero-order valence-electron chi connectivity index (χ0n) is 11.7. The third-order valence-electron chi connectivity index (χ3n) is 3.58. The largest absolute Gasteiger partial charge is 0.335 e. The van der Waals surface area contributed by atoms with Crippen molar-refractivity contribution in [1.82, 2.24) is 4.90 Å². The van der Waals surface area contributed by atoms with Crippen molar-refractivity contribution < 1.29 is 9.59 Å². The van der Waals surface area contributed by atoms with Crippen LogP contribution in [-0.4, -0.2) is 22.6 Å². The lowest BCUT2D eigenvalue weighted by molar-refractivity contribution is -0.132. The monoisotopic (exact) mass is 319 g/mol. The molecule has 1 aliphatic carbocycles. The molecule has 1 saturated carbocycles. The molecular weight excluding hydrogens is 302 g/mol. The summed E-state index contributed by atoms with van der Waals surface area (Å²) >= 11 is 3.12. The van der Waals surface area contributed by atoms with Crippen molar-refractivity contribution in [3.8, 4) is 0 Å². The second-order valence-corrected chi connectivity index (χ2v) is 7.21. The highest BCUT2D eigenvalue weighted by molar-refractivity contribution is 7.12. The maximum absolute atomic E-state index is 12.4. The van der Waals surface area contributed by atoms with E-state index in [1.807, 2.05) is 33.9 Å². The Kier molecular flexibility index (Phi) is 4.51. The molecule has 2 aromatic heterocycles. The van der Waals surface area contributed by atoms with Crippen LogP contribution < -0.4 is 0 Å². The minimum atomic E-state index is 0.0743. The van der Waals surface area contributed by atoms with Crippen molar-refractivity contribution in [3.05, 3.63) is 44.8 Å². The summed E-state index contributed by atoms with van der Waals surface area (Å²) in [4.78, 5) is 28.3. The van der Waals surface area contributed by atoms with Gasteiger partial charge in [-0.3, -0.25) is 9.59 Å². The van der Waals surface area contributed by atoms with E-state index in [2.05, 4.69) is 6.07 Å². The van der Waals surface area contributed by atoms with Gasteiger partial charge < -0.3 is 4.90 Å². The van der Waals surface area contributed by atoms with Crippen LogP contribution in [0.25, 0.3) is 0 Å². The molecule has 0 spiro atoms. The van der Waals surface area contributed by atoms with Crippen molar-refractivity contribution in [3.63, 3.8) is 0 Å². The quantitative estimate of drug-likeness (QED) is 0.724. The van der Waals surface area contributed by atoms with Crippen molar-refractivity contribution in [2.45, 2.75) is 38.3 Å².